The molecule has 2 heterocycles. The topological polar surface area (TPSA) is 55.1 Å². The molecule has 0 radical (unpaired) electrons. The van der Waals surface area contributed by atoms with Crippen molar-refractivity contribution in [2.24, 2.45) is 7.05 Å². The van der Waals surface area contributed by atoms with Crippen molar-refractivity contribution < 1.29 is 9.90 Å². The monoisotopic (exact) mass is 274 g/mol. The van der Waals surface area contributed by atoms with E-state index in [1.807, 2.05) is 23.9 Å². The zero-order chi connectivity index (χ0) is 13.6. The zero-order valence-corrected chi connectivity index (χ0v) is 11.6. The number of hydrogen-bond donors (Lipinski definition) is 1. The summed E-state index contributed by atoms with van der Waals surface area (Å²) < 4.78 is 1.64. The van der Waals surface area contributed by atoms with Gasteiger partial charge in [-0.05, 0) is 18.1 Å². The molecule has 1 atom stereocenters. The molecule has 1 N–H and O–H groups in total. The third-order valence-electron chi connectivity index (χ3n) is 3.30. The Morgan fingerprint density at radius 1 is 1.53 bits per heavy atom. The Morgan fingerprint density at radius 3 is 3.00 bits per heavy atom. The van der Waals surface area contributed by atoms with Crippen LogP contribution in [-0.2, 0) is 13.5 Å². The van der Waals surface area contributed by atoms with Gasteiger partial charge in [-0.2, -0.15) is 5.10 Å². The SMILES string of the molecule is CC1Cc2cccc(-c3cc(C(=O)O)nn3C)c2S1. The normalized spacial score (nSPS) is 17.5. The first kappa shape index (κ1) is 12.3. The minimum Gasteiger partial charge on any atom is -0.476 e. The molecule has 0 amide bonds. The number of nitrogens with zero attached hydrogens (tertiary/aromatic N) is 2. The summed E-state index contributed by atoms with van der Waals surface area (Å²) in [6.07, 6.45) is 1.07. The molecular weight excluding hydrogens is 260 g/mol. The van der Waals surface area contributed by atoms with Crippen LogP contribution in [0.15, 0.2) is 29.2 Å². The fourth-order valence-corrected chi connectivity index (χ4v) is 3.73. The van der Waals surface area contributed by atoms with Gasteiger partial charge >= 0.3 is 5.97 Å². The third-order valence-corrected chi connectivity index (χ3v) is 4.58. The summed E-state index contributed by atoms with van der Waals surface area (Å²) in [5, 5.41) is 13.6. The van der Waals surface area contributed by atoms with Crippen LogP contribution < -0.4 is 0 Å². The fraction of sp³-hybridized carbons (Fsp3) is 0.286. The Bertz CT molecular complexity index is 663. The standard InChI is InChI=1S/C14H14N2O2S/c1-8-6-9-4-3-5-10(13(9)19-8)12-7-11(14(17)18)15-16(12)2/h3-5,7-8H,6H2,1-2H3,(H,17,18). The molecule has 5 heteroatoms. The van der Waals surface area contributed by atoms with Crippen molar-refractivity contribution >= 4 is 17.7 Å². The van der Waals surface area contributed by atoms with E-state index in [0.717, 1.165) is 17.7 Å². The van der Waals surface area contributed by atoms with Gasteiger partial charge in [0.2, 0.25) is 0 Å². The quantitative estimate of drug-likeness (QED) is 0.915. The van der Waals surface area contributed by atoms with Gasteiger partial charge in [0.1, 0.15) is 0 Å². The molecule has 4 nitrogen and oxygen atoms in total. The number of thioether (sulfide) groups is 1. The molecule has 1 unspecified atom stereocenters. The zero-order valence-electron chi connectivity index (χ0n) is 10.8. The van der Waals surface area contributed by atoms with Crippen molar-refractivity contribution in [2.75, 3.05) is 0 Å². The Kier molecular flexibility index (Phi) is 2.86. The van der Waals surface area contributed by atoms with E-state index >= 15 is 0 Å². The molecule has 0 bridgehead atoms. The molecule has 1 aromatic heterocycles. The molecule has 19 heavy (non-hydrogen) atoms. The molecule has 0 fully saturated rings. The van der Waals surface area contributed by atoms with Gasteiger partial charge in [-0.25, -0.2) is 4.79 Å². The lowest BCUT2D eigenvalue weighted by molar-refractivity contribution is 0.0689. The Morgan fingerprint density at radius 2 is 2.32 bits per heavy atom. The smallest absolute Gasteiger partial charge is 0.356 e. The van der Waals surface area contributed by atoms with E-state index in [4.69, 9.17) is 5.11 Å². The van der Waals surface area contributed by atoms with Crippen molar-refractivity contribution in [3.8, 4) is 11.3 Å². The summed E-state index contributed by atoms with van der Waals surface area (Å²) in [5.41, 5.74) is 3.37. The van der Waals surface area contributed by atoms with Crippen molar-refractivity contribution in [3.63, 3.8) is 0 Å². The van der Waals surface area contributed by atoms with E-state index < -0.39 is 5.97 Å². The van der Waals surface area contributed by atoms with Gasteiger partial charge in [-0.3, -0.25) is 4.68 Å². The average molecular weight is 274 g/mol. The van der Waals surface area contributed by atoms with Gasteiger partial charge in [-0.15, -0.1) is 11.8 Å². The number of aryl methyl sites for hydroxylation is 1. The van der Waals surface area contributed by atoms with Gasteiger partial charge in [0.05, 0.1) is 5.69 Å². The molecule has 1 aliphatic heterocycles. The maximum absolute atomic E-state index is 11.0. The molecule has 0 saturated heterocycles. The van der Waals surface area contributed by atoms with Crippen LogP contribution in [0.25, 0.3) is 11.3 Å². The number of carbonyl (C=O) groups is 1. The average Bonchev–Trinajstić information content (AvgIpc) is 2.90. The first-order valence-corrected chi connectivity index (χ1v) is 7.00. The Labute approximate surface area is 115 Å². The number of aromatic carboxylic acids is 1. The second-order valence-corrected chi connectivity index (χ2v) is 6.22. The summed E-state index contributed by atoms with van der Waals surface area (Å²) in [7, 11) is 1.78. The van der Waals surface area contributed by atoms with Crippen molar-refractivity contribution in [2.45, 2.75) is 23.5 Å². The first-order valence-electron chi connectivity index (χ1n) is 6.12. The molecule has 2 aromatic rings. The molecule has 0 spiro atoms. The van der Waals surface area contributed by atoms with Gasteiger partial charge in [0, 0.05) is 22.8 Å². The van der Waals surface area contributed by atoms with Crippen molar-refractivity contribution in [1.29, 1.82) is 0 Å². The van der Waals surface area contributed by atoms with Crippen LogP contribution in [0, 0.1) is 0 Å². The van der Waals surface area contributed by atoms with Crippen LogP contribution in [-0.4, -0.2) is 26.1 Å². The molecule has 98 valence electrons. The van der Waals surface area contributed by atoms with Crippen LogP contribution in [0.5, 0.6) is 0 Å². The summed E-state index contributed by atoms with van der Waals surface area (Å²) in [6, 6.07) is 7.85. The summed E-state index contributed by atoms with van der Waals surface area (Å²) >= 11 is 1.85. The van der Waals surface area contributed by atoms with Crippen molar-refractivity contribution in [3.05, 3.63) is 35.5 Å². The summed E-state index contributed by atoms with van der Waals surface area (Å²) in [4.78, 5) is 12.3. The summed E-state index contributed by atoms with van der Waals surface area (Å²) in [6.45, 7) is 2.21. The van der Waals surface area contributed by atoms with E-state index in [-0.39, 0.29) is 5.69 Å². The van der Waals surface area contributed by atoms with E-state index in [1.54, 1.807) is 17.8 Å². The maximum Gasteiger partial charge on any atom is 0.356 e. The minimum absolute atomic E-state index is 0.0890. The number of carboxylic acids is 1. The molecule has 0 saturated carbocycles. The van der Waals surface area contributed by atoms with E-state index in [9.17, 15) is 4.79 Å². The van der Waals surface area contributed by atoms with Crippen molar-refractivity contribution in [1.82, 2.24) is 9.78 Å². The highest BCUT2D eigenvalue weighted by Crippen LogP contribution is 2.43. The number of benzene rings is 1. The van der Waals surface area contributed by atoms with Gasteiger partial charge < -0.3 is 5.11 Å². The highest BCUT2D eigenvalue weighted by molar-refractivity contribution is 8.00. The van der Waals surface area contributed by atoms with E-state index in [0.29, 0.717) is 5.25 Å². The van der Waals surface area contributed by atoms with Crippen LogP contribution in [0.4, 0.5) is 0 Å². The number of hydrogen-bond acceptors (Lipinski definition) is 3. The van der Waals surface area contributed by atoms with Crippen LogP contribution in [0.3, 0.4) is 0 Å². The second-order valence-electron chi connectivity index (χ2n) is 4.77. The minimum atomic E-state index is -0.990. The first-order chi connectivity index (χ1) is 9.06. The predicted octanol–water partition coefficient (Wildman–Crippen LogP) is 2.82. The number of carboxylic acid groups (broad SMARTS) is 1. The van der Waals surface area contributed by atoms with Crippen LogP contribution >= 0.6 is 11.8 Å². The molecular formula is C14H14N2O2S. The largest absolute Gasteiger partial charge is 0.476 e. The van der Waals surface area contributed by atoms with E-state index in [2.05, 4.69) is 18.1 Å². The second kappa shape index (κ2) is 4.42. The Balaban J connectivity index is 2.14. The highest BCUT2D eigenvalue weighted by Gasteiger charge is 2.23. The predicted molar refractivity (Wildman–Crippen MR) is 74.6 cm³/mol. The maximum atomic E-state index is 11.0. The fourth-order valence-electron chi connectivity index (χ4n) is 2.46. The van der Waals surface area contributed by atoms with E-state index in [1.165, 1.54) is 10.5 Å². The lowest BCUT2D eigenvalue weighted by atomic mass is 10.0. The molecule has 3 rings (SSSR count). The highest BCUT2D eigenvalue weighted by atomic mass is 32.2. The van der Waals surface area contributed by atoms with Gasteiger partial charge in [-0.1, -0.05) is 25.1 Å². The molecule has 1 aliphatic rings. The number of rotatable bonds is 2. The lowest BCUT2D eigenvalue weighted by Gasteiger charge is -2.07. The lowest BCUT2D eigenvalue weighted by Crippen LogP contribution is -1.99. The van der Waals surface area contributed by atoms with Crippen LogP contribution in [0.2, 0.25) is 0 Å². The number of aromatic nitrogens is 2. The summed E-state index contributed by atoms with van der Waals surface area (Å²) in [5.74, 6) is -0.990. The van der Waals surface area contributed by atoms with Crippen LogP contribution in [0.1, 0.15) is 23.0 Å². The van der Waals surface area contributed by atoms with Gasteiger partial charge in [0.25, 0.3) is 0 Å². The Hall–Kier alpha value is -1.75. The molecule has 1 aromatic carbocycles. The third kappa shape index (κ3) is 2.04. The van der Waals surface area contributed by atoms with Gasteiger partial charge in [0.15, 0.2) is 5.69 Å². The number of fused-ring (bicyclic) bond motifs is 1. The molecule has 0 aliphatic carbocycles.